The second-order valence-electron chi connectivity index (χ2n) is 5.55. The van der Waals surface area contributed by atoms with Gasteiger partial charge in [-0.1, -0.05) is 30.0 Å². The van der Waals surface area contributed by atoms with Crippen molar-refractivity contribution in [1.29, 1.82) is 0 Å². The van der Waals surface area contributed by atoms with Crippen LogP contribution in [-0.4, -0.2) is 23.2 Å². The zero-order valence-electron chi connectivity index (χ0n) is 11.0. The minimum atomic E-state index is 0.793. The highest BCUT2D eigenvalue weighted by molar-refractivity contribution is 8.17. The van der Waals surface area contributed by atoms with Crippen molar-refractivity contribution in [2.45, 2.75) is 12.8 Å². The van der Waals surface area contributed by atoms with Gasteiger partial charge < -0.3 is 4.90 Å². The van der Waals surface area contributed by atoms with E-state index in [0.717, 1.165) is 19.0 Å². The van der Waals surface area contributed by atoms with Crippen LogP contribution < -0.4 is 0 Å². The van der Waals surface area contributed by atoms with Crippen LogP contribution in [0, 0.1) is 5.92 Å². The monoisotopic (exact) mass is 298 g/mol. The van der Waals surface area contributed by atoms with E-state index < -0.39 is 0 Å². The number of amidine groups is 1. The van der Waals surface area contributed by atoms with Gasteiger partial charge in [-0.15, -0.1) is 11.3 Å². The number of allylic oxidation sites excluding steroid dienone is 1. The van der Waals surface area contributed by atoms with E-state index in [2.05, 4.69) is 39.5 Å². The van der Waals surface area contributed by atoms with Gasteiger partial charge in [-0.25, -0.2) is 0 Å². The molecule has 3 heterocycles. The van der Waals surface area contributed by atoms with Crippen molar-refractivity contribution in [3.63, 3.8) is 0 Å². The lowest BCUT2D eigenvalue weighted by Gasteiger charge is -2.16. The average Bonchev–Trinajstić information content (AvgIpc) is 2.94. The van der Waals surface area contributed by atoms with Gasteiger partial charge in [-0.3, -0.25) is 4.99 Å². The summed E-state index contributed by atoms with van der Waals surface area (Å²) < 4.78 is 1.39. The highest BCUT2D eigenvalue weighted by atomic mass is 32.2. The standard InChI is InChI=1S/C16H14N2S2/c1-2-4-13-11(3-1)12(9-19-13)14-15(10-5-6-10)20-16-17-7-8-18(14)16/h1-4,9-10H,5-8H2. The minimum Gasteiger partial charge on any atom is -0.318 e. The van der Waals surface area contributed by atoms with Crippen LogP contribution in [0.1, 0.15) is 18.4 Å². The van der Waals surface area contributed by atoms with Crippen LogP contribution in [0.15, 0.2) is 39.5 Å². The van der Waals surface area contributed by atoms with Gasteiger partial charge in [0.25, 0.3) is 0 Å². The van der Waals surface area contributed by atoms with Crippen molar-refractivity contribution >= 4 is 44.0 Å². The van der Waals surface area contributed by atoms with Gasteiger partial charge in [0.1, 0.15) is 0 Å². The molecule has 5 rings (SSSR count). The fourth-order valence-corrected chi connectivity index (χ4v) is 5.37. The minimum absolute atomic E-state index is 0.793. The van der Waals surface area contributed by atoms with Crippen LogP contribution in [0.25, 0.3) is 15.8 Å². The van der Waals surface area contributed by atoms with Crippen LogP contribution in [0.3, 0.4) is 0 Å². The van der Waals surface area contributed by atoms with Crippen LogP contribution in [0.5, 0.6) is 0 Å². The molecule has 2 aliphatic heterocycles. The molecule has 0 unspecified atom stereocenters. The molecule has 3 aliphatic rings. The zero-order valence-corrected chi connectivity index (χ0v) is 12.6. The number of thioether (sulfide) groups is 1. The SMILES string of the molecule is c1ccc2c(C3=C(C4CC4)SC4=NCCN43)csc2c1. The molecule has 100 valence electrons. The highest BCUT2D eigenvalue weighted by Crippen LogP contribution is 2.53. The Bertz CT molecular complexity index is 768. The summed E-state index contributed by atoms with van der Waals surface area (Å²) in [6.07, 6.45) is 2.71. The average molecular weight is 298 g/mol. The Hall–Kier alpha value is -1.26. The Kier molecular flexibility index (Phi) is 2.35. The predicted octanol–water partition coefficient (Wildman–Crippen LogP) is 4.40. The number of hydrogen-bond donors (Lipinski definition) is 0. The molecule has 0 radical (unpaired) electrons. The summed E-state index contributed by atoms with van der Waals surface area (Å²) in [4.78, 5) is 8.69. The Morgan fingerprint density at radius 2 is 2.10 bits per heavy atom. The lowest BCUT2D eigenvalue weighted by atomic mass is 10.1. The molecular formula is C16H14N2S2. The van der Waals surface area contributed by atoms with E-state index in [0.29, 0.717) is 0 Å². The van der Waals surface area contributed by atoms with Crippen LogP contribution in [0.4, 0.5) is 0 Å². The second kappa shape index (κ2) is 4.12. The first kappa shape index (κ1) is 11.4. The maximum Gasteiger partial charge on any atom is 0.168 e. The number of hydrogen-bond acceptors (Lipinski definition) is 4. The van der Waals surface area contributed by atoms with Gasteiger partial charge >= 0.3 is 0 Å². The Labute approximate surface area is 126 Å². The molecular weight excluding hydrogens is 284 g/mol. The molecule has 0 N–H and O–H groups in total. The Morgan fingerprint density at radius 3 is 3.00 bits per heavy atom. The van der Waals surface area contributed by atoms with Crippen LogP contribution in [-0.2, 0) is 0 Å². The summed E-state index contributed by atoms with van der Waals surface area (Å²) in [6, 6.07) is 8.76. The van der Waals surface area contributed by atoms with Crippen LogP contribution in [0.2, 0.25) is 0 Å². The highest BCUT2D eigenvalue weighted by Gasteiger charge is 2.40. The van der Waals surface area contributed by atoms with E-state index in [9.17, 15) is 0 Å². The lowest BCUT2D eigenvalue weighted by molar-refractivity contribution is 0.646. The third-order valence-electron chi connectivity index (χ3n) is 4.19. The number of thiophene rings is 1. The molecule has 2 nitrogen and oxygen atoms in total. The topological polar surface area (TPSA) is 15.6 Å². The fraction of sp³-hybridized carbons (Fsp3) is 0.312. The van der Waals surface area contributed by atoms with E-state index >= 15 is 0 Å². The molecule has 2 aromatic rings. The number of fused-ring (bicyclic) bond motifs is 2. The fourth-order valence-electron chi connectivity index (χ4n) is 3.06. The van der Waals surface area contributed by atoms with Gasteiger partial charge in [0.05, 0.1) is 12.2 Å². The van der Waals surface area contributed by atoms with Crippen molar-refractivity contribution in [3.8, 4) is 0 Å². The molecule has 4 heteroatoms. The molecule has 20 heavy (non-hydrogen) atoms. The summed E-state index contributed by atoms with van der Waals surface area (Å²) in [5.41, 5.74) is 2.89. The van der Waals surface area contributed by atoms with E-state index in [4.69, 9.17) is 0 Å². The first-order chi connectivity index (χ1) is 9.92. The maximum absolute atomic E-state index is 4.67. The number of benzene rings is 1. The molecule has 0 amide bonds. The quantitative estimate of drug-likeness (QED) is 0.816. The van der Waals surface area contributed by atoms with Crippen molar-refractivity contribution in [1.82, 2.24) is 4.90 Å². The van der Waals surface area contributed by atoms with E-state index in [-0.39, 0.29) is 0 Å². The van der Waals surface area contributed by atoms with E-state index in [1.807, 2.05) is 23.1 Å². The summed E-state index contributed by atoms with van der Waals surface area (Å²) in [6.45, 7) is 2.00. The van der Waals surface area contributed by atoms with Gasteiger partial charge in [0.2, 0.25) is 0 Å². The van der Waals surface area contributed by atoms with Crippen molar-refractivity contribution < 1.29 is 0 Å². The second-order valence-corrected chi connectivity index (χ2v) is 7.47. The van der Waals surface area contributed by atoms with Gasteiger partial charge in [-0.2, -0.15) is 0 Å². The molecule has 0 spiro atoms. The molecule has 0 bridgehead atoms. The largest absolute Gasteiger partial charge is 0.318 e. The molecule has 1 aromatic carbocycles. The predicted molar refractivity (Wildman–Crippen MR) is 88.1 cm³/mol. The number of rotatable bonds is 2. The molecule has 1 aromatic heterocycles. The van der Waals surface area contributed by atoms with Gasteiger partial charge in [0.15, 0.2) is 5.17 Å². The third-order valence-corrected chi connectivity index (χ3v) is 6.43. The molecule has 0 atom stereocenters. The van der Waals surface area contributed by atoms with Crippen molar-refractivity contribution in [3.05, 3.63) is 40.1 Å². The van der Waals surface area contributed by atoms with E-state index in [1.165, 1.54) is 39.4 Å². The molecule has 1 fully saturated rings. The number of nitrogens with zero attached hydrogens (tertiary/aromatic N) is 2. The Balaban J connectivity index is 1.74. The third kappa shape index (κ3) is 1.55. The summed E-state index contributed by atoms with van der Waals surface area (Å²) in [7, 11) is 0. The smallest absolute Gasteiger partial charge is 0.168 e. The number of aliphatic imine (C=N–C) groups is 1. The molecule has 1 aliphatic carbocycles. The molecule has 0 saturated heterocycles. The summed E-state index contributed by atoms with van der Waals surface area (Å²) in [5.74, 6) is 0.793. The first-order valence-electron chi connectivity index (χ1n) is 7.12. The van der Waals surface area contributed by atoms with Gasteiger partial charge in [0, 0.05) is 32.5 Å². The first-order valence-corrected chi connectivity index (χ1v) is 8.82. The van der Waals surface area contributed by atoms with Crippen LogP contribution >= 0.6 is 23.1 Å². The zero-order chi connectivity index (χ0) is 13.1. The summed E-state index contributed by atoms with van der Waals surface area (Å²) in [5, 5.41) is 4.97. The van der Waals surface area contributed by atoms with E-state index in [1.54, 1.807) is 4.91 Å². The van der Waals surface area contributed by atoms with Gasteiger partial charge in [-0.05, 0) is 24.8 Å². The molecule has 1 saturated carbocycles. The van der Waals surface area contributed by atoms with Crippen molar-refractivity contribution in [2.24, 2.45) is 10.9 Å². The maximum atomic E-state index is 4.67. The Morgan fingerprint density at radius 1 is 1.20 bits per heavy atom. The normalized spacial score (nSPS) is 21.8. The summed E-state index contributed by atoms with van der Waals surface area (Å²) >= 11 is 3.79. The lowest BCUT2D eigenvalue weighted by Crippen LogP contribution is -2.19. The van der Waals surface area contributed by atoms with Crippen molar-refractivity contribution in [2.75, 3.05) is 13.1 Å².